The van der Waals surface area contributed by atoms with Crippen molar-refractivity contribution in [2.24, 2.45) is 5.73 Å². The highest BCUT2D eigenvalue weighted by atomic mass is 19.1. The number of aryl methyl sites for hydroxylation is 1. The molecule has 2 N–H and O–H groups in total. The molecule has 2 unspecified atom stereocenters. The first-order valence-electron chi connectivity index (χ1n) is 7.37. The number of nitrogens with two attached hydrogens (primary N) is 1. The van der Waals surface area contributed by atoms with Gasteiger partial charge in [-0.3, -0.25) is 0 Å². The second-order valence-corrected chi connectivity index (χ2v) is 5.85. The average molecular weight is 285 g/mol. The third-order valence-electron chi connectivity index (χ3n) is 3.96. The molecule has 0 amide bonds. The van der Waals surface area contributed by atoms with E-state index in [9.17, 15) is 4.39 Å². The van der Waals surface area contributed by atoms with Crippen LogP contribution >= 0.6 is 0 Å². The minimum Gasteiger partial charge on any atom is -0.490 e. The van der Waals surface area contributed by atoms with Gasteiger partial charge in [0.05, 0.1) is 0 Å². The van der Waals surface area contributed by atoms with Gasteiger partial charge in [-0.1, -0.05) is 35.9 Å². The second kappa shape index (κ2) is 5.86. The Kier molecular flexibility index (Phi) is 3.93. The number of halogens is 1. The molecule has 1 heterocycles. The Morgan fingerprint density at radius 3 is 2.90 bits per heavy atom. The first kappa shape index (κ1) is 14.1. The van der Waals surface area contributed by atoms with Crippen LogP contribution in [0.1, 0.15) is 23.1 Å². The number of ether oxygens (including phenoxy) is 1. The molecule has 0 saturated carbocycles. The number of rotatable bonds is 4. The highest BCUT2D eigenvalue weighted by molar-refractivity contribution is 5.40. The van der Waals surface area contributed by atoms with Crippen molar-refractivity contribution in [1.29, 1.82) is 0 Å². The van der Waals surface area contributed by atoms with Gasteiger partial charge in [0.25, 0.3) is 0 Å². The van der Waals surface area contributed by atoms with E-state index in [1.54, 1.807) is 12.1 Å². The Labute approximate surface area is 124 Å². The maximum atomic E-state index is 13.6. The molecule has 2 aromatic rings. The predicted molar refractivity (Wildman–Crippen MR) is 82.0 cm³/mol. The van der Waals surface area contributed by atoms with Crippen LogP contribution in [0.4, 0.5) is 4.39 Å². The predicted octanol–water partition coefficient (Wildman–Crippen LogP) is 3.40. The highest BCUT2D eigenvalue weighted by Gasteiger charge is 2.25. The van der Waals surface area contributed by atoms with Crippen LogP contribution in [0.2, 0.25) is 0 Å². The third kappa shape index (κ3) is 3.24. The van der Waals surface area contributed by atoms with Crippen molar-refractivity contribution >= 4 is 0 Å². The summed E-state index contributed by atoms with van der Waals surface area (Å²) in [6, 6.07) is 13.0. The summed E-state index contributed by atoms with van der Waals surface area (Å²) in [5, 5.41) is 0. The molecule has 0 bridgehead atoms. The molecule has 1 aliphatic rings. The molecule has 3 rings (SSSR count). The smallest absolute Gasteiger partial charge is 0.126 e. The van der Waals surface area contributed by atoms with Crippen molar-refractivity contribution in [3.63, 3.8) is 0 Å². The van der Waals surface area contributed by atoms with Crippen LogP contribution in [0.5, 0.6) is 5.75 Å². The average Bonchev–Trinajstić information content (AvgIpc) is 2.82. The van der Waals surface area contributed by atoms with Crippen LogP contribution in [-0.2, 0) is 12.8 Å². The lowest BCUT2D eigenvalue weighted by Gasteiger charge is -2.17. The van der Waals surface area contributed by atoms with Gasteiger partial charge in [-0.2, -0.15) is 0 Å². The molecule has 0 fully saturated rings. The summed E-state index contributed by atoms with van der Waals surface area (Å²) < 4.78 is 19.6. The van der Waals surface area contributed by atoms with Crippen LogP contribution in [0.25, 0.3) is 0 Å². The van der Waals surface area contributed by atoms with E-state index in [1.807, 2.05) is 12.1 Å². The van der Waals surface area contributed by atoms with E-state index in [4.69, 9.17) is 10.5 Å². The molecule has 2 atom stereocenters. The largest absolute Gasteiger partial charge is 0.490 e. The van der Waals surface area contributed by atoms with Crippen LogP contribution in [-0.4, -0.2) is 12.1 Å². The number of fused-ring (bicyclic) bond motifs is 1. The second-order valence-electron chi connectivity index (χ2n) is 5.85. The quantitative estimate of drug-likeness (QED) is 0.934. The van der Waals surface area contributed by atoms with E-state index in [1.165, 1.54) is 17.2 Å². The van der Waals surface area contributed by atoms with E-state index in [2.05, 4.69) is 19.1 Å². The Balaban J connectivity index is 1.60. The fourth-order valence-electron chi connectivity index (χ4n) is 2.95. The maximum absolute atomic E-state index is 13.6. The molecule has 0 aromatic heterocycles. The number of hydrogen-bond acceptors (Lipinski definition) is 2. The fraction of sp³-hybridized carbons (Fsp3) is 0.333. The van der Waals surface area contributed by atoms with Crippen molar-refractivity contribution in [3.05, 3.63) is 65.0 Å². The Morgan fingerprint density at radius 1 is 1.29 bits per heavy atom. The number of benzene rings is 2. The minimum atomic E-state index is -0.181. The Morgan fingerprint density at radius 2 is 2.10 bits per heavy atom. The van der Waals surface area contributed by atoms with Crippen molar-refractivity contribution in [1.82, 2.24) is 0 Å². The molecule has 110 valence electrons. The maximum Gasteiger partial charge on any atom is 0.126 e. The topological polar surface area (TPSA) is 35.2 Å². The molecule has 21 heavy (non-hydrogen) atoms. The normalized spacial score (nSPS) is 18.1. The molecule has 2 aromatic carbocycles. The monoisotopic (exact) mass is 285 g/mol. The zero-order valence-electron chi connectivity index (χ0n) is 12.2. The van der Waals surface area contributed by atoms with E-state index in [0.717, 1.165) is 18.6 Å². The van der Waals surface area contributed by atoms with Crippen molar-refractivity contribution < 1.29 is 9.13 Å². The molecule has 1 aliphatic heterocycles. The Bertz CT molecular complexity index is 641. The van der Waals surface area contributed by atoms with Crippen molar-refractivity contribution in [3.8, 4) is 5.75 Å². The number of hydrogen-bond donors (Lipinski definition) is 1. The molecule has 3 heteroatoms. The van der Waals surface area contributed by atoms with Gasteiger partial charge in [-0.05, 0) is 36.6 Å². The first-order chi connectivity index (χ1) is 10.1. The highest BCUT2D eigenvalue weighted by Crippen LogP contribution is 2.31. The zero-order chi connectivity index (χ0) is 14.8. The molecule has 0 radical (unpaired) electrons. The summed E-state index contributed by atoms with van der Waals surface area (Å²) in [5.74, 6) is 0.780. The molecule has 0 saturated heterocycles. The van der Waals surface area contributed by atoms with Crippen LogP contribution in [0.3, 0.4) is 0 Å². The van der Waals surface area contributed by atoms with E-state index < -0.39 is 0 Å². The summed E-state index contributed by atoms with van der Waals surface area (Å²) in [4.78, 5) is 0. The van der Waals surface area contributed by atoms with Crippen LogP contribution in [0, 0.1) is 12.7 Å². The standard InChI is InChI=1S/C18H20FNO/c1-12-6-7-18-14(8-12)10-16(21-18)11-15(20)9-13-4-2-3-5-17(13)19/h2-8,15-16H,9-11,20H2,1H3. The van der Waals surface area contributed by atoms with Gasteiger partial charge in [-0.25, -0.2) is 4.39 Å². The van der Waals surface area contributed by atoms with Crippen molar-refractivity contribution in [2.75, 3.05) is 0 Å². The van der Waals surface area contributed by atoms with Gasteiger partial charge in [0.1, 0.15) is 17.7 Å². The molecule has 0 spiro atoms. The zero-order valence-corrected chi connectivity index (χ0v) is 12.2. The molecular weight excluding hydrogens is 265 g/mol. The first-order valence-corrected chi connectivity index (χ1v) is 7.37. The van der Waals surface area contributed by atoms with Gasteiger partial charge in [-0.15, -0.1) is 0 Å². The van der Waals surface area contributed by atoms with E-state index in [-0.39, 0.29) is 18.0 Å². The van der Waals surface area contributed by atoms with Crippen molar-refractivity contribution in [2.45, 2.75) is 38.3 Å². The van der Waals surface area contributed by atoms with E-state index in [0.29, 0.717) is 12.0 Å². The van der Waals surface area contributed by atoms with Gasteiger partial charge in [0, 0.05) is 18.9 Å². The lowest BCUT2D eigenvalue weighted by Crippen LogP contribution is -2.30. The summed E-state index contributed by atoms with van der Waals surface area (Å²) in [7, 11) is 0. The fourth-order valence-corrected chi connectivity index (χ4v) is 2.95. The minimum absolute atomic E-state index is 0.0951. The van der Waals surface area contributed by atoms with Gasteiger partial charge < -0.3 is 10.5 Å². The molecule has 0 aliphatic carbocycles. The molecule has 2 nitrogen and oxygen atoms in total. The summed E-state index contributed by atoms with van der Waals surface area (Å²) in [6.07, 6.45) is 2.27. The summed E-state index contributed by atoms with van der Waals surface area (Å²) in [6.45, 7) is 2.08. The van der Waals surface area contributed by atoms with Crippen LogP contribution in [0.15, 0.2) is 42.5 Å². The Hall–Kier alpha value is -1.87. The SMILES string of the molecule is Cc1ccc2c(c1)CC(CC(N)Cc1ccccc1F)O2. The van der Waals surface area contributed by atoms with Gasteiger partial charge in [0.2, 0.25) is 0 Å². The van der Waals surface area contributed by atoms with Gasteiger partial charge >= 0.3 is 0 Å². The lowest BCUT2D eigenvalue weighted by atomic mass is 9.98. The lowest BCUT2D eigenvalue weighted by molar-refractivity contribution is 0.209. The van der Waals surface area contributed by atoms with Gasteiger partial charge in [0.15, 0.2) is 0 Å². The summed E-state index contributed by atoms with van der Waals surface area (Å²) >= 11 is 0. The summed E-state index contributed by atoms with van der Waals surface area (Å²) in [5.41, 5.74) is 9.34. The van der Waals surface area contributed by atoms with E-state index >= 15 is 0 Å². The third-order valence-corrected chi connectivity index (χ3v) is 3.96. The van der Waals surface area contributed by atoms with Crippen LogP contribution < -0.4 is 10.5 Å². The molecular formula is C18H20FNO.